The summed E-state index contributed by atoms with van der Waals surface area (Å²) < 4.78 is 24.2. The predicted molar refractivity (Wildman–Crippen MR) is 89.6 cm³/mol. The average molecular weight is 333 g/mol. The van der Waals surface area contributed by atoms with Gasteiger partial charge in [0.15, 0.2) is 11.6 Å². The van der Waals surface area contributed by atoms with Gasteiger partial charge in [0.1, 0.15) is 0 Å². The molecule has 2 aromatic rings. The Labute approximate surface area is 141 Å². The van der Waals surface area contributed by atoms with Crippen LogP contribution in [0.15, 0.2) is 30.3 Å². The number of aromatic nitrogens is 2. The highest BCUT2D eigenvalue weighted by atomic mass is 19.1. The van der Waals surface area contributed by atoms with Gasteiger partial charge < -0.3 is 9.47 Å². The first-order valence-electron chi connectivity index (χ1n) is 8.42. The van der Waals surface area contributed by atoms with Crippen LogP contribution in [-0.4, -0.2) is 48.5 Å². The highest BCUT2D eigenvalue weighted by molar-refractivity contribution is 5.23. The molecule has 2 heterocycles. The van der Waals surface area contributed by atoms with Gasteiger partial charge in [0.25, 0.3) is 0 Å². The zero-order valence-corrected chi connectivity index (χ0v) is 14.0. The van der Waals surface area contributed by atoms with E-state index in [4.69, 9.17) is 9.47 Å². The van der Waals surface area contributed by atoms with Crippen LogP contribution in [0.1, 0.15) is 30.3 Å². The number of hydrogen-bond acceptors (Lipinski definition) is 4. The molecule has 1 saturated heterocycles. The van der Waals surface area contributed by atoms with E-state index in [0.717, 1.165) is 37.5 Å². The van der Waals surface area contributed by atoms with Crippen LogP contribution in [0, 0.1) is 5.82 Å². The predicted octanol–water partition coefficient (Wildman–Crippen LogP) is 2.95. The number of benzene rings is 1. The van der Waals surface area contributed by atoms with Gasteiger partial charge in [-0.15, -0.1) is 0 Å². The van der Waals surface area contributed by atoms with Crippen molar-refractivity contribution in [2.24, 2.45) is 0 Å². The van der Waals surface area contributed by atoms with Gasteiger partial charge in [-0.1, -0.05) is 12.1 Å². The molecule has 0 saturated carbocycles. The Bertz CT molecular complexity index is 647. The molecule has 1 aromatic heterocycles. The van der Waals surface area contributed by atoms with Crippen LogP contribution in [0.5, 0.6) is 5.75 Å². The van der Waals surface area contributed by atoms with E-state index < -0.39 is 0 Å². The summed E-state index contributed by atoms with van der Waals surface area (Å²) >= 11 is 0. The van der Waals surface area contributed by atoms with Crippen molar-refractivity contribution in [2.75, 3.05) is 33.4 Å². The SMILES string of the molecule is COCCN1CCCC1c1cc(CCOc2ccccc2F)[nH]n1. The summed E-state index contributed by atoms with van der Waals surface area (Å²) in [5, 5.41) is 7.54. The van der Waals surface area contributed by atoms with E-state index in [2.05, 4.69) is 21.2 Å². The summed E-state index contributed by atoms with van der Waals surface area (Å²) in [6.45, 7) is 3.18. The third kappa shape index (κ3) is 4.13. The minimum absolute atomic E-state index is 0.291. The fourth-order valence-electron chi connectivity index (χ4n) is 3.15. The number of hydrogen-bond donors (Lipinski definition) is 1. The van der Waals surface area contributed by atoms with Gasteiger partial charge in [-0.05, 0) is 37.6 Å². The molecule has 6 heteroatoms. The Morgan fingerprint density at radius 2 is 2.21 bits per heavy atom. The molecule has 1 fully saturated rings. The average Bonchev–Trinajstić information content (AvgIpc) is 3.23. The van der Waals surface area contributed by atoms with Crippen molar-refractivity contribution in [1.29, 1.82) is 0 Å². The molecule has 1 atom stereocenters. The standard InChI is InChI=1S/C18H24FN3O2/c1-23-12-10-22-9-4-6-17(22)16-13-14(20-21-16)8-11-24-18-7-3-2-5-15(18)19/h2-3,5,7,13,17H,4,6,8-12H2,1H3,(H,20,21). The van der Waals surface area contributed by atoms with Gasteiger partial charge >= 0.3 is 0 Å². The Kier molecular flexibility index (Phi) is 5.82. The van der Waals surface area contributed by atoms with Gasteiger partial charge in [-0.2, -0.15) is 5.10 Å². The van der Waals surface area contributed by atoms with E-state index in [1.165, 1.54) is 12.5 Å². The molecule has 0 spiro atoms. The van der Waals surface area contributed by atoms with Crippen LogP contribution < -0.4 is 4.74 Å². The highest BCUT2D eigenvalue weighted by Gasteiger charge is 2.27. The topological polar surface area (TPSA) is 50.4 Å². The number of rotatable bonds is 8. The molecule has 1 aliphatic heterocycles. The molecule has 130 valence electrons. The van der Waals surface area contributed by atoms with Gasteiger partial charge in [0, 0.05) is 25.8 Å². The minimum atomic E-state index is -0.331. The molecular weight excluding hydrogens is 309 g/mol. The first-order chi connectivity index (χ1) is 11.8. The van der Waals surface area contributed by atoms with Crippen molar-refractivity contribution in [2.45, 2.75) is 25.3 Å². The smallest absolute Gasteiger partial charge is 0.165 e. The lowest BCUT2D eigenvalue weighted by molar-refractivity contribution is 0.140. The summed E-state index contributed by atoms with van der Waals surface area (Å²) in [6, 6.07) is 8.91. The second kappa shape index (κ2) is 8.26. The van der Waals surface area contributed by atoms with Crippen molar-refractivity contribution in [3.8, 4) is 5.75 Å². The second-order valence-corrected chi connectivity index (χ2v) is 6.03. The van der Waals surface area contributed by atoms with Crippen LogP contribution >= 0.6 is 0 Å². The third-order valence-electron chi connectivity index (χ3n) is 4.40. The maximum absolute atomic E-state index is 13.5. The molecule has 0 aliphatic carbocycles. The number of aromatic amines is 1. The van der Waals surface area contributed by atoms with Gasteiger partial charge in [0.2, 0.25) is 0 Å². The number of nitrogens with zero attached hydrogens (tertiary/aromatic N) is 2. The molecule has 1 unspecified atom stereocenters. The Morgan fingerprint density at radius 1 is 1.33 bits per heavy atom. The monoisotopic (exact) mass is 333 g/mol. The minimum Gasteiger partial charge on any atom is -0.490 e. The molecule has 3 rings (SSSR count). The normalized spacial score (nSPS) is 18.2. The first-order valence-corrected chi connectivity index (χ1v) is 8.42. The van der Waals surface area contributed by atoms with Crippen LogP contribution in [0.2, 0.25) is 0 Å². The van der Waals surface area contributed by atoms with E-state index in [1.54, 1.807) is 25.3 Å². The van der Waals surface area contributed by atoms with Crippen molar-refractivity contribution in [3.05, 3.63) is 47.5 Å². The largest absolute Gasteiger partial charge is 0.490 e. The Balaban J connectivity index is 1.53. The molecule has 5 nitrogen and oxygen atoms in total. The number of likely N-dealkylation sites (tertiary alicyclic amines) is 1. The fourth-order valence-corrected chi connectivity index (χ4v) is 3.15. The third-order valence-corrected chi connectivity index (χ3v) is 4.40. The fraction of sp³-hybridized carbons (Fsp3) is 0.500. The number of ether oxygens (including phenoxy) is 2. The molecule has 24 heavy (non-hydrogen) atoms. The zero-order valence-electron chi connectivity index (χ0n) is 14.0. The van der Waals surface area contributed by atoms with E-state index in [0.29, 0.717) is 24.8 Å². The number of H-pyrrole nitrogens is 1. The maximum Gasteiger partial charge on any atom is 0.165 e. The van der Waals surface area contributed by atoms with Crippen molar-refractivity contribution in [1.82, 2.24) is 15.1 Å². The van der Waals surface area contributed by atoms with E-state index >= 15 is 0 Å². The van der Waals surface area contributed by atoms with E-state index in [9.17, 15) is 4.39 Å². The molecule has 0 amide bonds. The summed E-state index contributed by atoms with van der Waals surface area (Å²) in [5.41, 5.74) is 2.09. The van der Waals surface area contributed by atoms with Crippen molar-refractivity contribution < 1.29 is 13.9 Å². The first kappa shape index (κ1) is 16.9. The zero-order chi connectivity index (χ0) is 16.8. The van der Waals surface area contributed by atoms with Crippen LogP contribution in [0.3, 0.4) is 0 Å². The summed E-state index contributed by atoms with van der Waals surface area (Å²) in [7, 11) is 1.73. The Morgan fingerprint density at radius 3 is 3.04 bits per heavy atom. The number of nitrogens with one attached hydrogen (secondary N) is 1. The molecule has 1 N–H and O–H groups in total. The van der Waals surface area contributed by atoms with Crippen LogP contribution in [0.25, 0.3) is 0 Å². The maximum atomic E-state index is 13.5. The molecule has 1 aromatic carbocycles. The van der Waals surface area contributed by atoms with Crippen molar-refractivity contribution in [3.63, 3.8) is 0 Å². The van der Waals surface area contributed by atoms with Gasteiger partial charge in [-0.3, -0.25) is 10.00 Å². The molecule has 0 bridgehead atoms. The number of para-hydroxylation sites is 1. The lowest BCUT2D eigenvalue weighted by Crippen LogP contribution is -2.27. The summed E-state index contributed by atoms with van der Waals surface area (Å²) in [4.78, 5) is 2.42. The summed E-state index contributed by atoms with van der Waals surface area (Å²) in [5.74, 6) is -0.0405. The lowest BCUT2D eigenvalue weighted by Gasteiger charge is -2.22. The van der Waals surface area contributed by atoms with Crippen molar-refractivity contribution >= 4 is 0 Å². The number of methoxy groups -OCH3 is 1. The Hall–Kier alpha value is -1.92. The molecule has 1 aliphatic rings. The van der Waals surface area contributed by atoms with Crippen LogP contribution in [0.4, 0.5) is 4.39 Å². The molecular formula is C18H24FN3O2. The van der Waals surface area contributed by atoms with E-state index in [1.807, 2.05) is 0 Å². The summed E-state index contributed by atoms with van der Waals surface area (Å²) in [6.07, 6.45) is 2.98. The number of halogens is 1. The highest BCUT2D eigenvalue weighted by Crippen LogP contribution is 2.30. The molecule has 0 radical (unpaired) electrons. The van der Waals surface area contributed by atoms with Gasteiger partial charge in [-0.25, -0.2) is 4.39 Å². The van der Waals surface area contributed by atoms with E-state index in [-0.39, 0.29) is 5.82 Å². The quantitative estimate of drug-likeness (QED) is 0.807. The lowest BCUT2D eigenvalue weighted by atomic mass is 10.1. The second-order valence-electron chi connectivity index (χ2n) is 6.03. The van der Waals surface area contributed by atoms with Gasteiger partial charge in [0.05, 0.1) is 24.9 Å². The van der Waals surface area contributed by atoms with Crippen LogP contribution in [-0.2, 0) is 11.2 Å².